The molecule has 0 N–H and O–H groups in total. The molecule has 1 aliphatic carbocycles. The van der Waals surface area contributed by atoms with Crippen LogP contribution in [0.4, 0.5) is 0 Å². The van der Waals surface area contributed by atoms with Gasteiger partial charge in [0.05, 0.1) is 21.7 Å². The SMILES string of the molecule is COCC1CCC(C(=O)N2CC(CCOc3ccc(Cl)cn3)C(c3ccc(Cl)c(Cl)c3)C2)CC1. The number of hydrogen-bond acceptors (Lipinski definition) is 4. The van der Waals surface area contributed by atoms with Gasteiger partial charge in [-0.1, -0.05) is 40.9 Å². The molecule has 0 bridgehead atoms. The van der Waals surface area contributed by atoms with Crippen molar-refractivity contribution in [3.05, 3.63) is 57.2 Å². The third-order valence-electron chi connectivity index (χ3n) is 7.16. The summed E-state index contributed by atoms with van der Waals surface area (Å²) < 4.78 is 11.2. The molecule has 0 spiro atoms. The highest BCUT2D eigenvalue weighted by molar-refractivity contribution is 6.42. The number of pyridine rings is 1. The van der Waals surface area contributed by atoms with E-state index in [0.29, 0.717) is 40.0 Å². The molecular formula is C26H31Cl3N2O3. The summed E-state index contributed by atoms with van der Waals surface area (Å²) in [5.74, 6) is 1.96. The van der Waals surface area contributed by atoms with Crippen molar-refractivity contribution in [1.82, 2.24) is 9.88 Å². The van der Waals surface area contributed by atoms with Crippen LogP contribution in [0.3, 0.4) is 0 Å². The first-order chi connectivity index (χ1) is 16.4. The van der Waals surface area contributed by atoms with Crippen LogP contribution >= 0.6 is 34.8 Å². The zero-order valence-corrected chi connectivity index (χ0v) is 21.7. The van der Waals surface area contributed by atoms with Gasteiger partial charge in [0.2, 0.25) is 11.8 Å². The maximum absolute atomic E-state index is 13.4. The van der Waals surface area contributed by atoms with E-state index in [1.54, 1.807) is 25.4 Å². The number of ether oxygens (including phenoxy) is 2. The Bertz CT molecular complexity index is 964. The maximum atomic E-state index is 13.4. The van der Waals surface area contributed by atoms with Gasteiger partial charge >= 0.3 is 0 Å². The van der Waals surface area contributed by atoms with Crippen molar-refractivity contribution in [2.45, 2.75) is 38.0 Å². The van der Waals surface area contributed by atoms with Gasteiger partial charge in [-0.3, -0.25) is 4.79 Å². The number of nitrogens with zero attached hydrogens (tertiary/aromatic N) is 2. The highest BCUT2D eigenvalue weighted by Gasteiger charge is 2.39. The Morgan fingerprint density at radius 1 is 1.06 bits per heavy atom. The van der Waals surface area contributed by atoms with Gasteiger partial charge in [0.1, 0.15) is 0 Å². The van der Waals surface area contributed by atoms with Crippen LogP contribution in [-0.4, -0.2) is 49.2 Å². The molecule has 2 aromatic rings. The van der Waals surface area contributed by atoms with Crippen molar-refractivity contribution in [3.63, 3.8) is 0 Å². The number of halogens is 3. The summed E-state index contributed by atoms with van der Waals surface area (Å²) in [6, 6.07) is 9.33. The molecule has 34 heavy (non-hydrogen) atoms. The molecule has 1 saturated carbocycles. The summed E-state index contributed by atoms with van der Waals surface area (Å²) in [4.78, 5) is 19.7. The van der Waals surface area contributed by atoms with E-state index < -0.39 is 0 Å². The van der Waals surface area contributed by atoms with E-state index >= 15 is 0 Å². The number of carbonyl (C=O) groups excluding carboxylic acids is 1. The average Bonchev–Trinajstić information content (AvgIpc) is 3.26. The van der Waals surface area contributed by atoms with Gasteiger partial charge in [-0.2, -0.15) is 0 Å². The van der Waals surface area contributed by atoms with E-state index in [9.17, 15) is 4.79 Å². The van der Waals surface area contributed by atoms with Crippen LogP contribution in [0, 0.1) is 17.8 Å². The van der Waals surface area contributed by atoms with Crippen molar-refractivity contribution in [1.29, 1.82) is 0 Å². The normalized spacial score (nSPS) is 24.9. The Balaban J connectivity index is 1.42. The fraction of sp³-hybridized carbons (Fsp3) is 0.538. The van der Waals surface area contributed by atoms with Crippen LogP contribution in [0.2, 0.25) is 15.1 Å². The van der Waals surface area contributed by atoms with Gasteiger partial charge in [0, 0.05) is 50.9 Å². The van der Waals surface area contributed by atoms with E-state index in [1.807, 2.05) is 18.2 Å². The zero-order valence-electron chi connectivity index (χ0n) is 19.4. The molecule has 2 aliphatic rings. The first-order valence-electron chi connectivity index (χ1n) is 11.9. The van der Waals surface area contributed by atoms with Gasteiger partial charge in [0.15, 0.2) is 0 Å². The summed E-state index contributed by atoms with van der Waals surface area (Å²) in [5, 5.41) is 1.66. The number of likely N-dealkylation sites (tertiary alicyclic amines) is 1. The molecule has 5 nitrogen and oxygen atoms in total. The van der Waals surface area contributed by atoms with Crippen LogP contribution in [0.5, 0.6) is 5.88 Å². The van der Waals surface area contributed by atoms with Gasteiger partial charge in [-0.15, -0.1) is 0 Å². The van der Waals surface area contributed by atoms with E-state index in [0.717, 1.165) is 50.8 Å². The predicted octanol–water partition coefficient (Wildman–Crippen LogP) is 6.51. The topological polar surface area (TPSA) is 51.7 Å². The van der Waals surface area contributed by atoms with Crippen LogP contribution in [0.1, 0.15) is 43.6 Å². The second-order valence-corrected chi connectivity index (χ2v) is 10.7. The molecular weight excluding hydrogens is 495 g/mol. The summed E-state index contributed by atoms with van der Waals surface area (Å²) >= 11 is 18.4. The van der Waals surface area contributed by atoms with Crippen molar-refractivity contribution in [3.8, 4) is 5.88 Å². The third kappa shape index (κ3) is 6.37. The smallest absolute Gasteiger partial charge is 0.225 e. The minimum atomic E-state index is 0.107. The lowest BCUT2D eigenvalue weighted by Crippen LogP contribution is -2.37. The van der Waals surface area contributed by atoms with Crippen LogP contribution in [0.25, 0.3) is 0 Å². The van der Waals surface area contributed by atoms with Gasteiger partial charge < -0.3 is 14.4 Å². The molecule has 184 valence electrons. The minimum absolute atomic E-state index is 0.107. The van der Waals surface area contributed by atoms with E-state index in [-0.39, 0.29) is 23.7 Å². The molecule has 8 heteroatoms. The summed E-state index contributed by atoms with van der Waals surface area (Å²) in [5.41, 5.74) is 1.11. The highest BCUT2D eigenvalue weighted by atomic mass is 35.5. The lowest BCUT2D eigenvalue weighted by molar-refractivity contribution is -0.136. The fourth-order valence-electron chi connectivity index (χ4n) is 5.30. The first-order valence-corrected chi connectivity index (χ1v) is 13.0. The van der Waals surface area contributed by atoms with Crippen LogP contribution < -0.4 is 4.74 Å². The van der Waals surface area contributed by atoms with Gasteiger partial charge in [-0.25, -0.2) is 4.98 Å². The molecule has 1 aliphatic heterocycles. The molecule has 2 fully saturated rings. The summed E-state index contributed by atoms with van der Waals surface area (Å²) in [6.07, 6.45) is 6.37. The van der Waals surface area contributed by atoms with Crippen molar-refractivity contribution in [2.24, 2.45) is 17.8 Å². The Labute approximate surface area is 216 Å². The number of carbonyl (C=O) groups is 1. The number of aromatic nitrogens is 1. The van der Waals surface area contributed by atoms with Gasteiger partial charge in [0.25, 0.3) is 0 Å². The molecule has 1 aromatic carbocycles. The second-order valence-electron chi connectivity index (χ2n) is 9.41. The fourth-order valence-corrected chi connectivity index (χ4v) is 5.72. The minimum Gasteiger partial charge on any atom is -0.478 e. The van der Waals surface area contributed by atoms with E-state index in [1.165, 1.54) is 0 Å². The summed E-state index contributed by atoms with van der Waals surface area (Å²) in [7, 11) is 1.75. The Morgan fingerprint density at radius 2 is 1.85 bits per heavy atom. The molecule has 2 heterocycles. The molecule has 1 saturated heterocycles. The second kappa shape index (κ2) is 11.9. The van der Waals surface area contributed by atoms with Crippen molar-refractivity contribution in [2.75, 3.05) is 33.4 Å². The van der Waals surface area contributed by atoms with E-state index in [2.05, 4.69) is 9.88 Å². The number of hydrogen-bond donors (Lipinski definition) is 0. The lowest BCUT2D eigenvalue weighted by Gasteiger charge is -2.30. The number of rotatable bonds is 8. The van der Waals surface area contributed by atoms with Crippen LogP contribution in [0.15, 0.2) is 36.5 Å². The zero-order chi connectivity index (χ0) is 24.1. The lowest BCUT2D eigenvalue weighted by atomic mass is 9.81. The van der Waals surface area contributed by atoms with Crippen molar-refractivity contribution < 1.29 is 14.3 Å². The number of amides is 1. The van der Waals surface area contributed by atoms with E-state index in [4.69, 9.17) is 44.3 Å². The molecule has 0 radical (unpaired) electrons. The monoisotopic (exact) mass is 524 g/mol. The summed E-state index contributed by atoms with van der Waals surface area (Å²) in [6.45, 7) is 2.72. The predicted molar refractivity (Wildman–Crippen MR) is 136 cm³/mol. The molecule has 2 unspecified atom stereocenters. The highest BCUT2D eigenvalue weighted by Crippen LogP contribution is 2.39. The third-order valence-corrected chi connectivity index (χ3v) is 8.12. The first kappa shape index (κ1) is 25.6. The number of methoxy groups -OCH3 is 1. The van der Waals surface area contributed by atoms with Crippen LogP contribution in [-0.2, 0) is 9.53 Å². The standard InChI is InChI=1S/C26H31Cl3N2O3/c1-33-16-17-2-4-18(5-3-17)26(32)31-14-20(10-11-34-25-9-7-21(27)13-30-25)22(15-31)19-6-8-23(28)24(29)12-19/h6-9,12-13,17-18,20,22H,2-5,10-11,14-16H2,1H3. The Hall–Kier alpha value is -1.53. The van der Waals surface area contributed by atoms with Gasteiger partial charge in [-0.05, 0) is 67.7 Å². The average molecular weight is 526 g/mol. The molecule has 4 rings (SSSR count). The largest absolute Gasteiger partial charge is 0.478 e. The number of benzene rings is 1. The Kier molecular flexibility index (Phi) is 8.97. The molecule has 1 aromatic heterocycles. The maximum Gasteiger partial charge on any atom is 0.225 e. The molecule has 1 amide bonds. The van der Waals surface area contributed by atoms with Crippen molar-refractivity contribution >= 4 is 40.7 Å². The quantitative estimate of drug-likeness (QED) is 0.394. The Morgan fingerprint density at radius 3 is 2.53 bits per heavy atom. The molecule has 2 atom stereocenters.